The Kier molecular flexibility index (Phi) is 5.02. The number of alkyl halides is 2. The van der Waals surface area contributed by atoms with Crippen LogP contribution in [0.2, 0.25) is 0 Å². The van der Waals surface area contributed by atoms with Gasteiger partial charge in [0.25, 0.3) is 0 Å². The molecule has 2 aliphatic rings. The fraction of sp³-hybridized carbons (Fsp3) is 0.474. The van der Waals surface area contributed by atoms with Crippen molar-refractivity contribution in [2.45, 2.75) is 24.3 Å². The van der Waals surface area contributed by atoms with Crippen molar-refractivity contribution in [1.29, 1.82) is 0 Å². The number of carbonyl (C=O) groups is 1. The summed E-state index contributed by atoms with van der Waals surface area (Å²) in [5.74, 6) is -0.960. The Balaban J connectivity index is 1.92. The Labute approximate surface area is 170 Å². The van der Waals surface area contributed by atoms with Gasteiger partial charge in [0, 0.05) is 42.2 Å². The number of benzene rings is 1. The molecule has 2 heterocycles. The number of halogens is 3. The van der Waals surface area contributed by atoms with E-state index in [4.69, 9.17) is 28.9 Å². The van der Waals surface area contributed by atoms with E-state index in [1.54, 1.807) is 0 Å². The Bertz CT molecular complexity index is 1010. The van der Waals surface area contributed by atoms with Crippen molar-refractivity contribution in [3.63, 3.8) is 0 Å². The summed E-state index contributed by atoms with van der Waals surface area (Å²) in [4.78, 5) is 28.7. The molecule has 6 nitrogen and oxygen atoms in total. The maximum atomic E-state index is 15.3. The van der Waals surface area contributed by atoms with Gasteiger partial charge >= 0.3 is 5.97 Å². The first-order chi connectivity index (χ1) is 13.3. The number of anilines is 1. The van der Waals surface area contributed by atoms with Gasteiger partial charge in [-0.15, -0.1) is 23.2 Å². The number of fused-ring (bicyclic) bond motifs is 2. The molecule has 4 rings (SSSR count). The Morgan fingerprint density at radius 2 is 2.21 bits per heavy atom. The molecular weight excluding hydrogens is 408 g/mol. The molecule has 1 aliphatic heterocycles. The van der Waals surface area contributed by atoms with Crippen LogP contribution in [0.5, 0.6) is 0 Å². The maximum Gasteiger partial charge on any atom is 0.341 e. The van der Waals surface area contributed by atoms with Crippen molar-refractivity contribution in [3.8, 4) is 0 Å². The van der Waals surface area contributed by atoms with Crippen LogP contribution in [0.25, 0.3) is 10.9 Å². The van der Waals surface area contributed by atoms with Gasteiger partial charge in [-0.05, 0) is 30.7 Å². The van der Waals surface area contributed by atoms with Crippen molar-refractivity contribution in [1.82, 2.24) is 4.98 Å². The highest BCUT2D eigenvalue weighted by Gasteiger charge is 2.46. The first kappa shape index (κ1) is 19.5. The van der Waals surface area contributed by atoms with E-state index in [9.17, 15) is 14.7 Å². The molecule has 1 saturated carbocycles. The summed E-state index contributed by atoms with van der Waals surface area (Å²) in [6.07, 6.45) is 2.42. The summed E-state index contributed by atoms with van der Waals surface area (Å²) < 4.78 is 15.3. The number of nitrogens with one attached hydrogen (secondary N) is 1. The van der Waals surface area contributed by atoms with Gasteiger partial charge in [0.2, 0.25) is 5.43 Å². The Morgan fingerprint density at radius 3 is 2.82 bits per heavy atom. The number of carboxylic acids is 1. The molecule has 1 aromatic heterocycles. The summed E-state index contributed by atoms with van der Waals surface area (Å²) in [5.41, 5.74) is 6.02. The van der Waals surface area contributed by atoms with Crippen molar-refractivity contribution < 1.29 is 14.3 Å². The highest BCUT2D eigenvalue weighted by Crippen LogP contribution is 2.46. The first-order valence-corrected chi connectivity index (χ1v) is 10.1. The second-order valence-electron chi connectivity index (χ2n) is 7.55. The minimum Gasteiger partial charge on any atom is -0.477 e. The molecular formula is C19H20Cl2FN3O3. The van der Waals surface area contributed by atoms with Gasteiger partial charge in [0.15, 0.2) is 0 Å². The van der Waals surface area contributed by atoms with Gasteiger partial charge in [0.05, 0.1) is 16.6 Å². The number of nitrogens with zero attached hydrogens (tertiary/aromatic N) is 1. The van der Waals surface area contributed by atoms with Gasteiger partial charge in [-0.1, -0.05) is 0 Å². The van der Waals surface area contributed by atoms with E-state index < -0.39 is 28.2 Å². The average Bonchev–Trinajstić information content (AvgIpc) is 2.98. The molecule has 150 valence electrons. The number of carboxylic acid groups (broad SMARTS) is 1. The molecule has 1 aromatic carbocycles. The highest BCUT2D eigenvalue weighted by molar-refractivity contribution is 6.23. The number of hydrogen-bond donors (Lipinski definition) is 3. The number of aromatic nitrogens is 1. The number of nitrogens with two attached hydrogens (primary N) is 1. The third-order valence-corrected chi connectivity index (χ3v) is 6.63. The van der Waals surface area contributed by atoms with E-state index in [2.05, 4.69) is 4.98 Å². The van der Waals surface area contributed by atoms with Gasteiger partial charge < -0.3 is 20.7 Å². The standard InChI is InChI=1S/C19H20Cl2FN3O3/c20-2-1-12(21)15-16-9(18(26)10(5-24-16)19(27)28)4-13(22)17(15)25-6-8-3-14(23)11(8)7-25/h4-5,8,11-12,14H,1-3,6-7,23H2,(H,24,26)(H,27,28). The first-order valence-electron chi connectivity index (χ1n) is 9.15. The van der Waals surface area contributed by atoms with Crippen molar-refractivity contribution in [3.05, 3.63) is 39.4 Å². The van der Waals surface area contributed by atoms with Crippen LogP contribution in [0.3, 0.4) is 0 Å². The van der Waals surface area contributed by atoms with Crippen molar-refractivity contribution in [2.75, 3.05) is 23.9 Å². The summed E-state index contributed by atoms with van der Waals surface area (Å²) >= 11 is 12.4. The molecule has 2 aromatic rings. The number of rotatable bonds is 5. The summed E-state index contributed by atoms with van der Waals surface area (Å²) in [6, 6.07) is 1.22. The van der Waals surface area contributed by atoms with E-state index in [1.807, 2.05) is 4.90 Å². The van der Waals surface area contributed by atoms with Crippen LogP contribution in [0, 0.1) is 17.7 Å². The lowest BCUT2D eigenvalue weighted by Crippen LogP contribution is -2.46. The monoisotopic (exact) mass is 427 g/mol. The zero-order chi connectivity index (χ0) is 20.2. The van der Waals surface area contributed by atoms with Gasteiger partial charge in [-0.25, -0.2) is 9.18 Å². The fourth-order valence-corrected chi connectivity index (χ4v) is 5.17. The molecule has 0 spiro atoms. The molecule has 9 heteroatoms. The Morgan fingerprint density at radius 1 is 1.46 bits per heavy atom. The lowest BCUT2D eigenvalue weighted by atomic mass is 9.72. The molecule has 0 amide bonds. The van der Waals surface area contributed by atoms with Crippen molar-refractivity contribution in [2.24, 2.45) is 17.6 Å². The van der Waals surface area contributed by atoms with E-state index >= 15 is 4.39 Å². The quantitative estimate of drug-likeness (QED) is 0.636. The third-order valence-electron chi connectivity index (χ3n) is 5.98. The summed E-state index contributed by atoms with van der Waals surface area (Å²) in [5, 5.41) is 8.53. The van der Waals surface area contributed by atoms with Crippen LogP contribution in [0.1, 0.15) is 34.1 Å². The van der Waals surface area contributed by atoms with Crippen LogP contribution in [-0.2, 0) is 0 Å². The van der Waals surface area contributed by atoms with Gasteiger partial charge in [0.1, 0.15) is 11.4 Å². The van der Waals surface area contributed by atoms with E-state index in [1.165, 1.54) is 0 Å². The predicted octanol–water partition coefficient (Wildman–Crippen LogP) is 3.06. The van der Waals surface area contributed by atoms with E-state index in [-0.39, 0.29) is 17.3 Å². The van der Waals surface area contributed by atoms with Crippen LogP contribution in [0.15, 0.2) is 17.1 Å². The Hall–Kier alpha value is -1.83. The minimum absolute atomic E-state index is 0.0322. The lowest BCUT2D eigenvalue weighted by Gasteiger charge is -2.36. The summed E-state index contributed by atoms with van der Waals surface area (Å²) in [7, 11) is 0. The second-order valence-corrected chi connectivity index (χ2v) is 8.46. The van der Waals surface area contributed by atoms with Crippen molar-refractivity contribution >= 4 is 45.8 Å². The van der Waals surface area contributed by atoms with Gasteiger partial charge in [-0.2, -0.15) is 0 Å². The molecule has 4 atom stereocenters. The van der Waals surface area contributed by atoms with Crippen LogP contribution >= 0.6 is 23.2 Å². The third kappa shape index (κ3) is 2.96. The van der Waals surface area contributed by atoms with Crippen LogP contribution in [0.4, 0.5) is 10.1 Å². The predicted molar refractivity (Wildman–Crippen MR) is 107 cm³/mol. The van der Waals surface area contributed by atoms with Crippen LogP contribution < -0.4 is 16.1 Å². The second kappa shape index (κ2) is 7.21. The highest BCUT2D eigenvalue weighted by atomic mass is 35.5. The largest absolute Gasteiger partial charge is 0.477 e. The molecule has 1 saturated heterocycles. The fourth-order valence-electron chi connectivity index (χ4n) is 4.52. The normalized spacial score (nSPS) is 24.9. The zero-order valence-electron chi connectivity index (χ0n) is 14.9. The van der Waals surface area contributed by atoms with E-state index in [0.717, 1.165) is 18.7 Å². The minimum atomic E-state index is -1.37. The van der Waals surface area contributed by atoms with Gasteiger partial charge in [-0.3, -0.25) is 4.79 Å². The molecule has 4 unspecified atom stereocenters. The number of hydrogen-bond acceptors (Lipinski definition) is 4. The number of H-pyrrole nitrogens is 1. The number of pyridine rings is 1. The molecule has 0 bridgehead atoms. The van der Waals surface area contributed by atoms with E-state index in [0.29, 0.717) is 48.1 Å². The molecule has 2 fully saturated rings. The topological polar surface area (TPSA) is 99.4 Å². The average molecular weight is 428 g/mol. The zero-order valence-corrected chi connectivity index (χ0v) is 16.4. The SMILES string of the molecule is NC1CC2CN(c3c(F)cc4c(=O)c(C(=O)O)c[nH]c4c3C(Cl)CCCl)CC12. The molecule has 0 radical (unpaired) electrons. The molecule has 28 heavy (non-hydrogen) atoms. The number of aromatic amines is 1. The molecule has 4 N–H and O–H groups in total. The maximum absolute atomic E-state index is 15.3. The lowest BCUT2D eigenvalue weighted by molar-refractivity contribution is 0.0695. The summed E-state index contributed by atoms with van der Waals surface area (Å²) in [6.45, 7) is 1.30. The molecule has 1 aliphatic carbocycles. The number of aromatic carboxylic acids is 1. The van der Waals surface area contributed by atoms with Crippen LogP contribution in [-0.4, -0.2) is 41.1 Å². The smallest absolute Gasteiger partial charge is 0.341 e.